The van der Waals surface area contributed by atoms with Crippen molar-refractivity contribution in [2.45, 2.75) is 39.7 Å². The maximum atomic E-state index is 13.4. The number of halogens is 1. The van der Waals surface area contributed by atoms with Crippen LogP contribution in [0.25, 0.3) is 0 Å². The van der Waals surface area contributed by atoms with E-state index in [9.17, 15) is 4.39 Å². The van der Waals surface area contributed by atoms with Crippen molar-refractivity contribution in [1.29, 1.82) is 0 Å². The molecule has 150 valence electrons. The van der Waals surface area contributed by atoms with Gasteiger partial charge in [-0.05, 0) is 57.4 Å². The van der Waals surface area contributed by atoms with Gasteiger partial charge in [0.05, 0.1) is 0 Å². The number of piperidine rings is 1. The van der Waals surface area contributed by atoms with Crippen LogP contribution < -0.4 is 9.80 Å². The van der Waals surface area contributed by atoms with Crippen molar-refractivity contribution >= 4 is 11.5 Å². The van der Waals surface area contributed by atoms with Gasteiger partial charge in [-0.2, -0.15) is 0 Å². The highest BCUT2D eigenvalue weighted by atomic mass is 19.1. The molecule has 0 spiro atoms. The molecule has 2 fully saturated rings. The molecule has 28 heavy (non-hydrogen) atoms. The number of rotatable bonds is 3. The molecule has 2 saturated heterocycles. The molecule has 1 aromatic heterocycles. The zero-order chi connectivity index (χ0) is 19.7. The quantitative estimate of drug-likeness (QED) is 0.812. The van der Waals surface area contributed by atoms with Crippen LogP contribution in [0.4, 0.5) is 15.9 Å². The van der Waals surface area contributed by atoms with E-state index < -0.39 is 0 Å². The molecule has 0 unspecified atom stereocenters. The molecule has 6 heteroatoms. The Labute approximate surface area is 167 Å². The van der Waals surface area contributed by atoms with Gasteiger partial charge in [-0.25, -0.2) is 14.4 Å². The SMILES string of the molecule is Cc1cc(F)ccc1N1CCC(N2CCN(c3ncnc(C)c3C)CC2)CC1. The van der Waals surface area contributed by atoms with Crippen molar-refractivity contribution in [3.63, 3.8) is 0 Å². The number of hydrogen-bond acceptors (Lipinski definition) is 5. The average molecular weight is 384 g/mol. The lowest BCUT2D eigenvalue weighted by Crippen LogP contribution is -2.53. The van der Waals surface area contributed by atoms with Crippen LogP contribution in [0.15, 0.2) is 24.5 Å². The predicted molar refractivity (Wildman–Crippen MR) is 112 cm³/mol. The minimum Gasteiger partial charge on any atom is -0.371 e. The summed E-state index contributed by atoms with van der Waals surface area (Å²) in [7, 11) is 0. The summed E-state index contributed by atoms with van der Waals surface area (Å²) in [6.07, 6.45) is 4.02. The second-order valence-corrected chi connectivity index (χ2v) is 8.08. The number of aryl methyl sites for hydroxylation is 2. The van der Waals surface area contributed by atoms with Gasteiger partial charge in [-0.3, -0.25) is 4.90 Å². The van der Waals surface area contributed by atoms with Crippen molar-refractivity contribution in [1.82, 2.24) is 14.9 Å². The first kappa shape index (κ1) is 19.1. The van der Waals surface area contributed by atoms with E-state index in [1.807, 2.05) is 19.9 Å². The fraction of sp³-hybridized carbons (Fsp3) is 0.545. The Morgan fingerprint density at radius 2 is 1.61 bits per heavy atom. The van der Waals surface area contributed by atoms with E-state index >= 15 is 0 Å². The molecular formula is C22H30FN5. The van der Waals surface area contributed by atoms with Crippen LogP contribution in [0.5, 0.6) is 0 Å². The normalized spacial score (nSPS) is 19.3. The topological polar surface area (TPSA) is 35.5 Å². The van der Waals surface area contributed by atoms with Gasteiger partial charge in [0.2, 0.25) is 0 Å². The molecule has 0 amide bonds. The summed E-state index contributed by atoms with van der Waals surface area (Å²) >= 11 is 0. The van der Waals surface area contributed by atoms with Gasteiger partial charge in [0.25, 0.3) is 0 Å². The molecule has 3 heterocycles. The number of anilines is 2. The first-order chi connectivity index (χ1) is 13.5. The highest BCUT2D eigenvalue weighted by molar-refractivity contribution is 5.53. The minimum atomic E-state index is -0.150. The van der Waals surface area contributed by atoms with Crippen LogP contribution in [0, 0.1) is 26.6 Å². The van der Waals surface area contributed by atoms with Gasteiger partial charge in [-0.15, -0.1) is 0 Å². The molecule has 5 nitrogen and oxygen atoms in total. The number of hydrogen-bond donors (Lipinski definition) is 0. The highest BCUT2D eigenvalue weighted by Gasteiger charge is 2.28. The third-order valence-electron chi connectivity index (χ3n) is 6.40. The van der Waals surface area contributed by atoms with E-state index in [0.717, 1.165) is 56.3 Å². The molecule has 2 aromatic rings. The van der Waals surface area contributed by atoms with E-state index in [2.05, 4.69) is 31.6 Å². The highest BCUT2D eigenvalue weighted by Crippen LogP contribution is 2.27. The van der Waals surface area contributed by atoms with Gasteiger partial charge in [0.15, 0.2) is 0 Å². The summed E-state index contributed by atoms with van der Waals surface area (Å²) in [6.45, 7) is 12.5. The summed E-state index contributed by atoms with van der Waals surface area (Å²) < 4.78 is 13.4. The summed E-state index contributed by atoms with van der Waals surface area (Å²) in [5.41, 5.74) is 4.47. The Morgan fingerprint density at radius 3 is 2.29 bits per heavy atom. The summed E-state index contributed by atoms with van der Waals surface area (Å²) in [4.78, 5) is 16.3. The molecule has 0 radical (unpaired) electrons. The minimum absolute atomic E-state index is 0.150. The maximum Gasteiger partial charge on any atom is 0.135 e. The second-order valence-electron chi connectivity index (χ2n) is 8.08. The van der Waals surface area contributed by atoms with Crippen LogP contribution in [0.2, 0.25) is 0 Å². The van der Waals surface area contributed by atoms with Crippen molar-refractivity contribution in [2.75, 3.05) is 49.1 Å². The van der Waals surface area contributed by atoms with Crippen molar-refractivity contribution < 1.29 is 4.39 Å². The lowest BCUT2D eigenvalue weighted by Gasteiger charge is -2.44. The van der Waals surface area contributed by atoms with Crippen LogP contribution >= 0.6 is 0 Å². The lowest BCUT2D eigenvalue weighted by atomic mass is 10.0. The van der Waals surface area contributed by atoms with Gasteiger partial charge < -0.3 is 9.80 Å². The molecule has 0 atom stereocenters. The van der Waals surface area contributed by atoms with Crippen LogP contribution in [-0.2, 0) is 0 Å². The lowest BCUT2D eigenvalue weighted by molar-refractivity contribution is 0.159. The van der Waals surface area contributed by atoms with Crippen molar-refractivity contribution in [3.05, 3.63) is 47.2 Å². The van der Waals surface area contributed by atoms with Crippen LogP contribution in [0.3, 0.4) is 0 Å². The second kappa shape index (κ2) is 8.03. The fourth-order valence-corrected chi connectivity index (χ4v) is 4.59. The molecule has 1 aromatic carbocycles. The first-order valence-electron chi connectivity index (χ1n) is 10.3. The van der Waals surface area contributed by atoms with Gasteiger partial charge in [0.1, 0.15) is 18.0 Å². The Balaban J connectivity index is 1.32. The first-order valence-corrected chi connectivity index (χ1v) is 10.3. The number of piperazine rings is 1. The van der Waals surface area contributed by atoms with Gasteiger partial charge >= 0.3 is 0 Å². The largest absolute Gasteiger partial charge is 0.371 e. The molecule has 0 N–H and O–H groups in total. The number of benzene rings is 1. The van der Waals surface area contributed by atoms with E-state index in [-0.39, 0.29) is 5.82 Å². The average Bonchev–Trinajstić information content (AvgIpc) is 2.71. The van der Waals surface area contributed by atoms with E-state index in [0.29, 0.717) is 6.04 Å². The molecule has 4 rings (SSSR count). The maximum absolute atomic E-state index is 13.4. The molecule has 0 bridgehead atoms. The monoisotopic (exact) mass is 383 g/mol. The summed E-state index contributed by atoms with van der Waals surface area (Å²) in [5, 5.41) is 0. The third kappa shape index (κ3) is 3.83. The number of nitrogens with zero attached hydrogens (tertiary/aromatic N) is 5. The third-order valence-corrected chi connectivity index (χ3v) is 6.40. The molecular weight excluding hydrogens is 353 g/mol. The Bertz CT molecular complexity index is 824. The standard InChI is InChI=1S/C22H30FN5/c1-16-14-19(23)4-5-21(16)27-8-6-20(7-9-27)26-10-12-28(13-11-26)22-17(2)18(3)24-15-25-22/h4-5,14-15,20H,6-13H2,1-3H3. The fourth-order valence-electron chi connectivity index (χ4n) is 4.59. The van der Waals surface area contributed by atoms with Crippen molar-refractivity contribution in [2.24, 2.45) is 0 Å². The van der Waals surface area contributed by atoms with Gasteiger partial charge in [-0.1, -0.05) is 0 Å². The van der Waals surface area contributed by atoms with E-state index in [1.54, 1.807) is 18.5 Å². The molecule has 2 aliphatic rings. The zero-order valence-corrected chi connectivity index (χ0v) is 17.2. The number of aromatic nitrogens is 2. The molecule has 2 aliphatic heterocycles. The van der Waals surface area contributed by atoms with Crippen LogP contribution in [-0.4, -0.2) is 60.2 Å². The van der Waals surface area contributed by atoms with E-state index in [4.69, 9.17) is 0 Å². The Morgan fingerprint density at radius 1 is 0.893 bits per heavy atom. The predicted octanol–water partition coefficient (Wildman–Crippen LogP) is 3.33. The Kier molecular flexibility index (Phi) is 5.49. The summed E-state index contributed by atoms with van der Waals surface area (Å²) in [5.74, 6) is 0.942. The smallest absolute Gasteiger partial charge is 0.135 e. The van der Waals surface area contributed by atoms with Gasteiger partial charge in [0, 0.05) is 62.3 Å². The Hall–Kier alpha value is -2.21. The zero-order valence-electron chi connectivity index (χ0n) is 17.2. The van der Waals surface area contributed by atoms with Crippen molar-refractivity contribution in [3.8, 4) is 0 Å². The van der Waals surface area contributed by atoms with Crippen LogP contribution in [0.1, 0.15) is 29.7 Å². The van der Waals surface area contributed by atoms with E-state index in [1.165, 1.54) is 24.1 Å². The molecule has 0 saturated carbocycles. The summed E-state index contributed by atoms with van der Waals surface area (Å²) in [6, 6.07) is 5.78. The molecule has 0 aliphatic carbocycles.